The summed E-state index contributed by atoms with van der Waals surface area (Å²) in [5, 5.41) is 14.7. The van der Waals surface area contributed by atoms with Gasteiger partial charge in [0.15, 0.2) is 0 Å². The van der Waals surface area contributed by atoms with Crippen LogP contribution in [0.4, 0.5) is 0 Å². The van der Waals surface area contributed by atoms with Crippen LogP contribution in [0.5, 0.6) is 0 Å². The fraction of sp³-hybridized carbons (Fsp3) is 0.471. The highest BCUT2D eigenvalue weighted by atomic mass is 16.4. The molecule has 0 radical (unpaired) electrons. The van der Waals surface area contributed by atoms with Gasteiger partial charge in [-0.2, -0.15) is 0 Å². The molecule has 1 unspecified atom stereocenters. The van der Waals surface area contributed by atoms with Crippen LogP contribution in [0, 0.1) is 0 Å². The molecule has 23 heavy (non-hydrogen) atoms. The van der Waals surface area contributed by atoms with E-state index in [0.717, 1.165) is 12.8 Å². The molecule has 1 atom stereocenters. The summed E-state index contributed by atoms with van der Waals surface area (Å²) in [5.41, 5.74) is -0.479. The fourth-order valence-electron chi connectivity index (χ4n) is 2.32. The minimum Gasteiger partial charge on any atom is -0.480 e. The van der Waals surface area contributed by atoms with E-state index < -0.39 is 17.4 Å². The second-order valence-electron chi connectivity index (χ2n) is 6.17. The molecule has 1 aromatic carbocycles. The molecule has 2 amide bonds. The Kier molecular flexibility index (Phi) is 5.03. The lowest BCUT2D eigenvalue weighted by molar-refractivity contribution is -0.144. The Hall–Kier alpha value is -2.37. The summed E-state index contributed by atoms with van der Waals surface area (Å²) in [6, 6.07) is 6.49. The second-order valence-corrected chi connectivity index (χ2v) is 6.17. The van der Waals surface area contributed by atoms with Gasteiger partial charge < -0.3 is 15.7 Å². The van der Waals surface area contributed by atoms with E-state index in [1.54, 1.807) is 12.1 Å². The summed E-state index contributed by atoms with van der Waals surface area (Å²) in [4.78, 5) is 35.5. The van der Waals surface area contributed by atoms with Gasteiger partial charge in [0.25, 0.3) is 11.8 Å². The van der Waals surface area contributed by atoms with Gasteiger partial charge in [-0.25, -0.2) is 4.79 Å². The molecule has 0 saturated heterocycles. The number of carbonyl (C=O) groups excluding carboxylic acids is 2. The summed E-state index contributed by atoms with van der Waals surface area (Å²) in [5.74, 6) is -1.67. The van der Waals surface area contributed by atoms with Crippen molar-refractivity contribution in [3.05, 3.63) is 35.4 Å². The van der Waals surface area contributed by atoms with Crippen LogP contribution < -0.4 is 10.6 Å². The molecule has 0 aliphatic heterocycles. The highest BCUT2D eigenvalue weighted by Gasteiger charge is 2.34. The van der Waals surface area contributed by atoms with Gasteiger partial charge in [0.2, 0.25) is 0 Å². The number of aliphatic carboxylic acids is 1. The molecule has 3 N–H and O–H groups in total. The maximum atomic E-state index is 12.2. The summed E-state index contributed by atoms with van der Waals surface area (Å²) >= 11 is 0. The molecule has 2 rings (SSSR count). The minimum atomic E-state index is -1.30. The van der Waals surface area contributed by atoms with Gasteiger partial charge in [-0.3, -0.25) is 9.59 Å². The minimum absolute atomic E-state index is 0.152. The second kappa shape index (κ2) is 6.81. The molecule has 0 bridgehead atoms. The number of rotatable bonds is 7. The molecule has 1 aromatic rings. The first kappa shape index (κ1) is 17.0. The van der Waals surface area contributed by atoms with Crippen LogP contribution in [0.15, 0.2) is 24.3 Å². The number of benzene rings is 1. The Morgan fingerprint density at radius 3 is 2.09 bits per heavy atom. The zero-order chi connectivity index (χ0) is 17.0. The average molecular weight is 318 g/mol. The highest BCUT2D eigenvalue weighted by molar-refractivity contribution is 5.99. The number of hydrogen-bond donors (Lipinski definition) is 3. The normalized spacial score (nSPS) is 16.3. The third-order valence-corrected chi connectivity index (χ3v) is 3.93. The lowest BCUT2D eigenvalue weighted by Gasteiger charge is -2.25. The lowest BCUT2D eigenvalue weighted by Crippen LogP contribution is -2.52. The summed E-state index contributed by atoms with van der Waals surface area (Å²) < 4.78 is 0. The third-order valence-electron chi connectivity index (χ3n) is 3.93. The predicted octanol–water partition coefficient (Wildman–Crippen LogP) is 1.95. The number of carboxylic acids is 1. The van der Waals surface area contributed by atoms with E-state index in [0.29, 0.717) is 24.0 Å². The van der Waals surface area contributed by atoms with Gasteiger partial charge in [0, 0.05) is 17.2 Å². The Bertz CT molecular complexity index is 608. The predicted molar refractivity (Wildman–Crippen MR) is 85.3 cm³/mol. The molecule has 1 aliphatic rings. The van der Waals surface area contributed by atoms with Crippen LogP contribution in [0.3, 0.4) is 0 Å². The van der Waals surface area contributed by atoms with Crippen molar-refractivity contribution in [2.45, 2.75) is 51.1 Å². The zero-order valence-corrected chi connectivity index (χ0v) is 13.4. The van der Waals surface area contributed by atoms with Crippen LogP contribution >= 0.6 is 0 Å². The third kappa shape index (κ3) is 4.31. The van der Waals surface area contributed by atoms with Crippen LogP contribution in [0.25, 0.3) is 0 Å². The van der Waals surface area contributed by atoms with Crippen molar-refractivity contribution in [3.8, 4) is 0 Å². The van der Waals surface area contributed by atoms with Gasteiger partial charge in [-0.1, -0.05) is 13.3 Å². The van der Waals surface area contributed by atoms with Crippen molar-refractivity contribution in [3.63, 3.8) is 0 Å². The Labute approximate surface area is 135 Å². The van der Waals surface area contributed by atoms with E-state index in [-0.39, 0.29) is 11.9 Å². The van der Waals surface area contributed by atoms with Crippen molar-refractivity contribution >= 4 is 17.8 Å². The number of carbonyl (C=O) groups is 3. The molecule has 1 aliphatic carbocycles. The molecular formula is C17H22N2O4. The molecule has 1 saturated carbocycles. The first-order chi connectivity index (χ1) is 10.9. The zero-order valence-electron chi connectivity index (χ0n) is 13.4. The monoisotopic (exact) mass is 318 g/mol. The van der Waals surface area contributed by atoms with Crippen molar-refractivity contribution in [1.29, 1.82) is 0 Å². The van der Waals surface area contributed by atoms with Crippen LogP contribution in [0.1, 0.15) is 60.2 Å². The van der Waals surface area contributed by atoms with Gasteiger partial charge in [-0.05, 0) is 50.5 Å². The summed E-state index contributed by atoms with van der Waals surface area (Å²) in [6.45, 7) is 3.36. The summed E-state index contributed by atoms with van der Waals surface area (Å²) in [7, 11) is 0. The molecule has 0 aromatic heterocycles. The van der Waals surface area contributed by atoms with Gasteiger partial charge in [0.05, 0.1) is 0 Å². The maximum absolute atomic E-state index is 12.2. The van der Waals surface area contributed by atoms with Crippen LogP contribution in [-0.2, 0) is 4.79 Å². The molecular weight excluding hydrogens is 296 g/mol. The van der Waals surface area contributed by atoms with E-state index >= 15 is 0 Å². The van der Waals surface area contributed by atoms with Crippen LogP contribution in [-0.4, -0.2) is 34.5 Å². The van der Waals surface area contributed by atoms with Crippen molar-refractivity contribution in [2.24, 2.45) is 0 Å². The highest BCUT2D eigenvalue weighted by Crippen LogP contribution is 2.19. The first-order valence-electron chi connectivity index (χ1n) is 7.82. The Balaban J connectivity index is 2.04. The number of nitrogens with one attached hydrogen (secondary N) is 2. The van der Waals surface area contributed by atoms with E-state index in [1.165, 1.54) is 19.1 Å². The molecule has 124 valence electrons. The van der Waals surface area contributed by atoms with E-state index in [2.05, 4.69) is 10.6 Å². The maximum Gasteiger partial charge on any atom is 0.329 e. The molecule has 0 heterocycles. The van der Waals surface area contributed by atoms with Crippen LogP contribution in [0.2, 0.25) is 0 Å². The molecule has 1 fully saturated rings. The molecule has 6 heteroatoms. The first-order valence-corrected chi connectivity index (χ1v) is 7.82. The van der Waals surface area contributed by atoms with E-state index in [9.17, 15) is 19.5 Å². The van der Waals surface area contributed by atoms with E-state index in [1.807, 2.05) is 6.92 Å². The van der Waals surface area contributed by atoms with Crippen molar-refractivity contribution in [2.75, 3.05) is 0 Å². The Morgan fingerprint density at radius 2 is 1.65 bits per heavy atom. The molecule has 6 nitrogen and oxygen atoms in total. The topological polar surface area (TPSA) is 95.5 Å². The Morgan fingerprint density at radius 1 is 1.13 bits per heavy atom. The van der Waals surface area contributed by atoms with Crippen molar-refractivity contribution < 1.29 is 19.5 Å². The number of carboxylic acid groups (broad SMARTS) is 1. The van der Waals surface area contributed by atoms with Crippen molar-refractivity contribution in [1.82, 2.24) is 10.6 Å². The van der Waals surface area contributed by atoms with Gasteiger partial charge >= 0.3 is 5.97 Å². The summed E-state index contributed by atoms with van der Waals surface area (Å²) in [6.07, 6.45) is 3.01. The van der Waals surface area contributed by atoms with Gasteiger partial charge in [0.1, 0.15) is 5.54 Å². The lowest BCUT2D eigenvalue weighted by atomic mass is 9.95. The smallest absolute Gasteiger partial charge is 0.329 e. The quantitative estimate of drug-likeness (QED) is 0.716. The SMILES string of the molecule is CCCC(C)(NC(=O)c1ccc(C(=O)NC2CC2)cc1)C(=O)O. The number of hydrogen-bond acceptors (Lipinski definition) is 3. The average Bonchev–Trinajstić information content (AvgIpc) is 3.31. The molecule has 0 spiro atoms. The number of amides is 2. The fourth-order valence-corrected chi connectivity index (χ4v) is 2.32. The standard InChI is InChI=1S/C17H22N2O4/c1-3-10-17(2,16(22)23)19-15(21)12-6-4-11(5-7-12)14(20)18-13-8-9-13/h4-7,13H,3,8-10H2,1-2H3,(H,18,20)(H,19,21)(H,22,23). The largest absolute Gasteiger partial charge is 0.480 e. The van der Waals surface area contributed by atoms with Gasteiger partial charge in [-0.15, -0.1) is 0 Å². The van der Waals surface area contributed by atoms with E-state index in [4.69, 9.17) is 0 Å².